The Bertz CT molecular complexity index is 2250. The number of esters is 2. The van der Waals surface area contributed by atoms with Crippen molar-refractivity contribution in [3.05, 3.63) is 112 Å². The molecule has 62 heavy (non-hydrogen) atoms. The van der Waals surface area contributed by atoms with E-state index in [0.717, 1.165) is 22.3 Å². The molecule has 15 heteroatoms. The van der Waals surface area contributed by atoms with Gasteiger partial charge in [-0.05, 0) is 73.2 Å². The molecule has 8 rings (SSSR count). The number of aliphatic hydroxyl groups is 1. The number of carbonyl (C=O) groups is 5. The van der Waals surface area contributed by atoms with Crippen LogP contribution in [0.1, 0.15) is 78.2 Å². The molecule has 0 radical (unpaired) electrons. The molecule has 3 amide bonds. The molecule has 2 bridgehead atoms. The van der Waals surface area contributed by atoms with Crippen molar-refractivity contribution >= 4 is 35.7 Å². The quantitative estimate of drug-likeness (QED) is 0.169. The Kier molecular flexibility index (Phi) is 11.9. The average Bonchev–Trinajstić information content (AvgIpc) is 3.91. The maximum absolute atomic E-state index is 15.0. The number of fused-ring (bicyclic) bond motifs is 5. The number of hydrogen-bond donors (Lipinski definition) is 3. The zero-order chi connectivity index (χ0) is 44.0. The van der Waals surface area contributed by atoms with Crippen LogP contribution in [0, 0.1) is 5.41 Å². The van der Waals surface area contributed by atoms with Crippen LogP contribution in [0.3, 0.4) is 0 Å². The summed E-state index contributed by atoms with van der Waals surface area (Å²) in [5.74, 6) is -3.09. The van der Waals surface area contributed by atoms with Crippen molar-refractivity contribution in [1.29, 1.82) is 0 Å². The Morgan fingerprint density at radius 1 is 0.968 bits per heavy atom. The van der Waals surface area contributed by atoms with E-state index in [1.54, 1.807) is 65.2 Å². The SMILES string of the molecule is CN(C)C(=O)C=Cc1cccc(CN2O[C@@H]3[C@H]4OC5(Cc6ccccc6C5)O[C@H]4[C@@H]4C[C@]3(C(=O)NCc3cccc(C(=O)N[C@H](CO)CCC(=O)OC(C)(C)C)c3)[C@@H]2C(=O)O4)c1. The predicted octanol–water partition coefficient (Wildman–Crippen LogP) is 3.40. The minimum atomic E-state index is -1.44. The smallest absolute Gasteiger partial charge is 0.327 e. The molecule has 2 aliphatic carbocycles. The van der Waals surface area contributed by atoms with Gasteiger partial charge in [0.2, 0.25) is 11.8 Å². The van der Waals surface area contributed by atoms with Crippen molar-refractivity contribution in [2.24, 2.45) is 5.41 Å². The lowest BCUT2D eigenvalue weighted by molar-refractivity contribution is -0.217. The first kappa shape index (κ1) is 43.2. The number of benzene rings is 3. The summed E-state index contributed by atoms with van der Waals surface area (Å²) in [4.78, 5) is 75.3. The molecule has 1 saturated carbocycles. The molecule has 3 heterocycles. The highest BCUT2D eigenvalue weighted by Gasteiger charge is 2.76. The summed E-state index contributed by atoms with van der Waals surface area (Å²) in [6, 6.07) is 20.5. The number of carbonyl (C=O) groups excluding carboxylic acids is 5. The van der Waals surface area contributed by atoms with Crippen molar-refractivity contribution in [3.63, 3.8) is 0 Å². The van der Waals surface area contributed by atoms with Crippen molar-refractivity contribution in [2.75, 3.05) is 20.7 Å². The number of aliphatic hydroxyl groups excluding tert-OH is 1. The van der Waals surface area contributed by atoms with Gasteiger partial charge in [0.15, 0.2) is 11.8 Å². The number of amides is 3. The summed E-state index contributed by atoms with van der Waals surface area (Å²) in [5.41, 5.74) is 2.59. The molecule has 3 saturated heterocycles. The molecular weight excluding hydrogens is 797 g/mol. The van der Waals surface area contributed by atoms with Gasteiger partial charge in [-0.25, -0.2) is 0 Å². The second-order valence-electron chi connectivity index (χ2n) is 18.1. The Morgan fingerprint density at radius 3 is 2.39 bits per heavy atom. The van der Waals surface area contributed by atoms with Crippen LogP contribution in [0.2, 0.25) is 0 Å². The van der Waals surface area contributed by atoms with Gasteiger partial charge >= 0.3 is 11.9 Å². The highest BCUT2D eigenvalue weighted by molar-refractivity contribution is 5.95. The monoisotopic (exact) mass is 850 g/mol. The molecule has 3 aromatic carbocycles. The largest absolute Gasteiger partial charge is 0.460 e. The lowest BCUT2D eigenvalue weighted by Crippen LogP contribution is -2.69. The molecule has 328 valence electrons. The number of hydrogen-bond acceptors (Lipinski definition) is 12. The minimum absolute atomic E-state index is 0.0183. The van der Waals surface area contributed by atoms with Gasteiger partial charge in [-0.15, -0.1) is 0 Å². The Labute approximate surface area is 360 Å². The molecule has 15 nitrogen and oxygen atoms in total. The van der Waals surface area contributed by atoms with E-state index in [1.807, 2.05) is 48.5 Å². The van der Waals surface area contributed by atoms with Crippen molar-refractivity contribution < 1.29 is 52.9 Å². The van der Waals surface area contributed by atoms with E-state index in [9.17, 15) is 29.1 Å². The molecule has 0 unspecified atom stereocenters. The van der Waals surface area contributed by atoms with Gasteiger partial charge in [-0.3, -0.25) is 28.8 Å². The van der Waals surface area contributed by atoms with E-state index < -0.39 is 77.1 Å². The van der Waals surface area contributed by atoms with Gasteiger partial charge in [0.25, 0.3) is 5.91 Å². The first-order chi connectivity index (χ1) is 29.6. The second-order valence-corrected chi connectivity index (χ2v) is 18.1. The van der Waals surface area contributed by atoms with Gasteiger partial charge < -0.3 is 39.6 Å². The summed E-state index contributed by atoms with van der Waals surface area (Å²) in [7, 11) is 3.35. The van der Waals surface area contributed by atoms with Crippen LogP contribution >= 0.6 is 0 Å². The number of rotatable bonds is 13. The number of hydroxylamine groups is 2. The Balaban J connectivity index is 1.03. The first-order valence-electron chi connectivity index (χ1n) is 21.1. The van der Waals surface area contributed by atoms with E-state index in [1.165, 1.54) is 16.0 Å². The second kappa shape index (κ2) is 17.0. The molecular formula is C47H54N4O11. The van der Waals surface area contributed by atoms with Crippen molar-refractivity contribution in [3.8, 4) is 0 Å². The average molecular weight is 851 g/mol. The molecule has 0 aromatic heterocycles. The molecule has 5 aliphatic rings. The fraction of sp³-hybridized carbons (Fsp3) is 0.468. The van der Waals surface area contributed by atoms with E-state index in [-0.39, 0.29) is 44.9 Å². The van der Waals surface area contributed by atoms with Crippen LogP contribution in [-0.4, -0.2) is 113 Å². The van der Waals surface area contributed by atoms with E-state index >= 15 is 0 Å². The standard InChI is InChI=1S/C47H54N4O11/c1-45(2,3)59-37(54)19-17-34(27-52)49-42(55)31-15-9-11-29(21-31)25-48-44(57)47-24-35-38-39(61-46(60-38)22-32-13-6-7-14-33(32)23-46)41(47)62-51(40(47)43(56)58-35)26-30-12-8-10-28(20-30)16-18-36(53)50(4)5/h6-16,18,20-21,34-35,38-41,52H,17,19,22-27H2,1-5H3,(H,48,57)(H,49,55)/t34-,35-,38-,39-,40-,41+,47-/m0/s1. The van der Waals surface area contributed by atoms with Gasteiger partial charge in [0.05, 0.1) is 19.2 Å². The van der Waals surface area contributed by atoms with Crippen LogP contribution in [0.4, 0.5) is 0 Å². The Hall–Kier alpha value is -5.45. The molecule has 1 spiro atoms. The lowest BCUT2D eigenvalue weighted by atomic mass is 9.62. The highest BCUT2D eigenvalue weighted by atomic mass is 16.8. The summed E-state index contributed by atoms with van der Waals surface area (Å²) in [5, 5.41) is 17.4. The van der Waals surface area contributed by atoms with Gasteiger partial charge in [0, 0.05) is 58.0 Å². The van der Waals surface area contributed by atoms with Crippen molar-refractivity contribution in [2.45, 2.75) is 114 Å². The van der Waals surface area contributed by atoms with Crippen LogP contribution in [0.15, 0.2) is 78.9 Å². The number of nitrogens with zero attached hydrogens (tertiary/aromatic N) is 2. The third kappa shape index (κ3) is 8.64. The maximum atomic E-state index is 15.0. The zero-order valence-electron chi connectivity index (χ0n) is 35.6. The van der Waals surface area contributed by atoms with Gasteiger partial charge in [0.1, 0.15) is 35.4 Å². The van der Waals surface area contributed by atoms with E-state index in [4.69, 9.17) is 23.8 Å². The third-order valence-corrected chi connectivity index (χ3v) is 12.2. The van der Waals surface area contributed by atoms with Gasteiger partial charge in [-0.2, -0.15) is 5.06 Å². The van der Waals surface area contributed by atoms with Crippen LogP contribution in [0.25, 0.3) is 6.08 Å². The van der Waals surface area contributed by atoms with Crippen LogP contribution < -0.4 is 10.6 Å². The topological polar surface area (TPSA) is 182 Å². The molecule has 3 N–H and O–H groups in total. The van der Waals surface area contributed by atoms with Gasteiger partial charge in [-0.1, -0.05) is 60.7 Å². The van der Waals surface area contributed by atoms with E-state index in [0.29, 0.717) is 24.0 Å². The lowest BCUT2D eigenvalue weighted by Gasteiger charge is -2.48. The normalized spacial score (nSPS) is 26.1. The first-order valence-corrected chi connectivity index (χ1v) is 21.1. The van der Waals surface area contributed by atoms with Crippen LogP contribution in [0.5, 0.6) is 0 Å². The Morgan fingerprint density at radius 2 is 1.68 bits per heavy atom. The number of likely N-dealkylation sites (N-methyl/N-ethyl adjacent to an activating group) is 1. The molecule has 4 fully saturated rings. The summed E-state index contributed by atoms with van der Waals surface area (Å²) in [6.45, 7) is 5.08. The van der Waals surface area contributed by atoms with Crippen LogP contribution in [-0.2, 0) is 68.9 Å². The molecule has 7 atom stereocenters. The molecule has 3 aliphatic heterocycles. The summed E-state index contributed by atoms with van der Waals surface area (Å²) < 4.78 is 25.1. The molecule has 3 aromatic rings. The summed E-state index contributed by atoms with van der Waals surface area (Å²) >= 11 is 0. The fourth-order valence-corrected chi connectivity index (χ4v) is 9.38. The summed E-state index contributed by atoms with van der Waals surface area (Å²) in [6.07, 6.45) is 1.42. The number of nitrogens with one attached hydrogen (secondary N) is 2. The maximum Gasteiger partial charge on any atom is 0.327 e. The predicted molar refractivity (Wildman–Crippen MR) is 223 cm³/mol. The highest BCUT2D eigenvalue weighted by Crippen LogP contribution is 2.58. The van der Waals surface area contributed by atoms with E-state index in [2.05, 4.69) is 10.6 Å². The minimum Gasteiger partial charge on any atom is -0.460 e. The van der Waals surface area contributed by atoms with Crippen molar-refractivity contribution in [1.82, 2.24) is 20.6 Å². The third-order valence-electron chi connectivity index (χ3n) is 12.2. The number of ether oxygens (including phenoxy) is 4. The fourth-order valence-electron chi connectivity index (χ4n) is 9.38. The zero-order valence-corrected chi connectivity index (χ0v) is 35.6.